The van der Waals surface area contributed by atoms with Crippen LogP contribution >= 0.6 is 0 Å². The number of aromatic nitrogens is 2. The summed E-state index contributed by atoms with van der Waals surface area (Å²) in [6, 6.07) is 10.7. The lowest BCUT2D eigenvalue weighted by molar-refractivity contribution is 0.993. The highest BCUT2D eigenvalue weighted by molar-refractivity contribution is 5.26. The van der Waals surface area contributed by atoms with Gasteiger partial charge in [-0.15, -0.1) is 0 Å². The highest BCUT2D eigenvalue weighted by atomic mass is 15.1. The number of rotatable bonds is 3. The van der Waals surface area contributed by atoms with Crippen molar-refractivity contribution in [1.29, 1.82) is 0 Å². The molecule has 0 fully saturated rings. The van der Waals surface area contributed by atoms with Crippen LogP contribution in [-0.4, -0.2) is 10.2 Å². The quantitative estimate of drug-likeness (QED) is 0.757. The Morgan fingerprint density at radius 2 is 1.60 bits per heavy atom. The Morgan fingerprint density at radius 1 is 0.867 bits per heavy atom. The van der Waals surface area contributed by atoms with Gasteiger partial charge in [0.1, 0.15) is 0 Å². The van der Waals surface area contributed by atoms with Crippen molar-refractivity contribution in [3.8, 4) is 0 Å². The Hall–Kier alpha value is -1.70. The lowest BCUT2D eigenvalue weighted by Gasteiger charge is -2.02. The van der Waals surface area contributed by atoms with Crippen molar-refractivity contribution >= 4 is 0 Å². The highest BCUT2D eigenvalue weighted by Gasteiger charge is 1.96. The SMILES string of the molecule is CCc1ccc(Cc2ccnnc2)cc1. The average Bonchev–Trinajstić information content (AvgIpc) is 2.31. The zero-order valence-corrected chi connectivity index (χ0v) is 8.85. The summed E-state index contributed by atoms with van der Waals surface area (Å²) >= 11 is 0. The maximum absolute atomic E-state index is 3.86. The standard InChI is InChI=1S/C13H14N2/c1-2-11-3-5-12(6-4-11)9-13-7-8-14-15-10-13/h3-8,10H,2,9H2,1H3. The van der Waals surface area contributed by atoms with E-state index in [1.807, 2.05) is 12.3 Å². The lowest BCUT2D eigenvalue weighted by Crippen LogP contribution is -1.90. The van der Waals surface area contributed by atoms with Crippen LogP contribution in [-0.2, 0) is 12.8 Å². The fraction of sp³-hybridized carbons (Fsp3) is 0.231. The minimum absolute atomic E-state index is 0.930. The van der Waals surface area contributed by atoms with Crippen LogP contribution in [0.1, 0.15) is 23.6 Å². The first-order valence-electron chi connectivity index (χ1n) is 5.22. The van der Waals surface area contributed by atoms with E-state index in [-0.39, 0.29) is 0 Å². The number of hydrogen-bond acceptors (Lipinski definition) is 2. The van der Waals surface area contributed by atoms with E-state index in [0.29, 0.717) is 0 Å². The fourth-order valence-electron chi connectivity index (χ4n) is 1.55. The number of aryl methyl sites for hydroxylation is 1. The van der Waals surface area contributed by atoms with Gasteiger partial charge in [-0.05, 0) is 35.6 Å². The van der Waals surface area contributed by atoms with Crippen LogP contribution < -0.4 is 0 Å². The van der Waals surface area contributed by atoms with Crippen molar-refractivity contribution in [2.45, 2.75) is 19.8 Å². The Morgan fingerprint density at radius 3 is 2.20 bits per heavy atom. The van der Waals surface area contributed by atoms with Crippen molar-refractivity contribution in [3.05, 3.63) is 59.4 Å². The molecule has 0 saturated carbocycles. The highest BCUT2D eigenvalue weighted by Crippen LogP contribution is 2.09. The monoisotopic (exact) mass is 198 g/mol. The molecular weight excluding hydrogens is 184 g/mol. The van der Waals surface area contributed by atoms with Gasteiger partial charge in [0.2, 0.25) is 0 Å². The van der Waals surface area contributed by atoms with E-state index in [1.165, 1.54) is 16.7 Å². The molecule has 2 nitrogen and oxygen atoms in total. The Labute approximate surface area is 90.0 Å². The summed E-state index contributed by atoms with van der Waals surface area (Å²) < 4.78 is 0. The number of hydrogen-bond donors (Lipinski definition) is 0. The lowest BCUT2D eigenvalue weighted by atomic mass is 10.0. The van der Waals surface area contributed by atoms with E-state index in [0.717, 1.165) is 12.8 Å². The number of nitrogens with zero attached hydrogens (tertiary/aromatic N) is 2. The van der Waals surface area contributed by atoms with Gasteiger partial charge < -0.3 is 0 Å². The molecular formula is C13H14N2. The second-order valence-electron chi connectivity index (χ2n) is 3.60. The van der Waals surface area contributed by atoms with Crippen LogP contribution in [0, 0.1) is 0 Å². The first-order chi connectivity index (χ1) is 7.38. The molecule has 2 heteroatoms. The molecule has 1 heterocycles. The van der Waals surface area contributed by atoms with Crippen molar-refractivity contribution < 1.29 is 0 Å². The largest absolute Gasteiger partial charge is 0.159 e. The van der Waals surface area contributed by atoms with Gasteiger partial charge >= 0.3 is 0 Å². The normalized spacial score (nSPS) is 10.2. The minimum Gasteiger partial charge on any atom is -0.159 e. The molecule has 0 unspecified atom stereocenters. The predicted octanol–water partition coefficient (Wildman–Crippen LogP) is 2.63. The molecule has 1 aromatic heterocycles. The molecule has 2 rings (SSSR count). The van der Waals surface area contributed by atoms with E-state index in [2.05, 4.69) is 41.4 Å². The molecule has 15 heavy (non-hydrogen) atoms. The Kier molecular flexibility index (Phi) is 3.08. The molecule has 0 aliphatic rings. The summed E-state index contributed by atoms with van der Waals surface area (Å²) in [5.41, 5.74) is 3.90. The van der Waals surface area contributed by atoms with E-state index in [4.69, 9.17) is 0 Å². The van der Waals surface area contributed by atoms with Crippen LogP contribution in [0.3, 0.4) is 0 Å². The molecule has 0 atom stereocenters. The minimum atomic E-state index is 0.930. The molecule has 0 aliphatic carbocycles. The number of benzene rings is 1. The third-order valence-electron chi connectivity index (χ3n) is 2.48. The average molecular weight is 198 g/mol. The van der Waals surface area contributed by atoms with E-state index in [9.17, 15) is 0 Å². The van der Waals surface area contributed by atoms with Crippen LogP contribution in [0.5, 0.6) is 0 Å². The predicted molar refractivity (Wildman–Crippen MR) is 60.7 cm³/mol. The summed E-state index contributed by atoms with van der Waals surface area (Å²) in [7, 11) is 0. The van der Waals surface area contributed by atoms with Crippen LogP contribution in [0.4, 0.5) is 0 Å². The van der Waals surface area contributed by atoms with Gasteiger partial charge in [-0.2, -0.15) is 10.2 Å². The summed E-state index contributed by atoms with van der Waals surface area (Å²) in [6.45, 7) is 2.17. The molecule has 0 spiro atoms. The first-order valence-corrected chi connectivity index (χ1v) is 5.22. The summed E-state index contributed by atoms with van der Waals surface area (Å²) in [6.07, 6.45) is 5.57. The van der Waals surface area contributed by atoms with Gasteiger partial charge in [0, 0.05) is 6.20 Å². The first kappa shape index (κ1) is 9.84. The molecule has 0 radical (unpaired) electrons. The fourth-order valence-corrected chi connectivity index (χ4v) is 1.55. The van der Waals surface area contributed by atoms with Gasteiger partial charge in [-0.1, -0.05) is 31.2 Å². The van der Waals surface area contributed by atoms with E-state index >= 15 is 0 Å². The second-order valence-corrected chi connectivity index (χ2v) is 3.60. The van der Waals surface area contributed by atoms with Gasteiger partial charge in [0.25, 0.3) is 0 Å². The second kappa shape index (κ2) is 4.69. The summed E-state index contributed by atoms with van der Waals surface area (Å²) in [4.78, 5) is 0. The Balaban J connectivity index is 2.11. The Bertz CT molecular complexity index is 406. The third-order valence-corrected chi connectivity index (χ3v) is 2.48. The smallest absolute Gasteiger partial charge is 0.0531 e. The molecule has 2 aromatic rings. The molecule has 0 N–H and O–H groups in total. The van der Waals surface area contributed by atoms with Crippen LogP contribution in [0.25, 0.3) is 0 Å². The molecule has 0 bridgehead atoms. The van der Waals surface area contributed by atoms with Crippen molar-refractivity contribution in [3.63, 3.8) is 0 Å². The summed E-state index contributed by atoms with van der Waals surface area (Å²) in [5, 5.41) is 7.63. The van der Waals surface area contributed by atoms with Crippen molar-refractivity contribution in [1.82, 2.24) is 10.2 Å². The zero-order valence-electron chi connectivity index (χ0n) is 8.85. The molecule has 1 aromatic carbocycles. The van der Waals surface area contributed by atoms with E-state index in [1.54, 1.807) is 6.20 Å². The molecule has 0 aliphatic heterocycles. The van der Waals surface area contributed by atoms with Crippen LogP contribution in [0.2, 0.25) is 0 Å². The molecule has 0 amide bonds. The van der Waals surface area contributed by atoms with Crippen molar-refractivity contribution in [2.24, 2.45) is 0 Å². The maximum Gasteiger partial charge on any atom is 0.0531 e. The third kappa shape index (κ3) is 2.62. The van der Waals surface area contributed by atoms with Gasteiger partial charge in [-0.25, -0.2) is 0 Å². The topological polar surface area (TPSA) is 25.8 Å². The van der Waals surface area contributed by atoms with E-state index < -0.39 is 0 Å². The van der Waals surface area contributed by atoms with Gasteiger partial charge in [0.05, 0.1) is 6.20 Å². The summed E-state index contributed by atoms with van der Waals surface area (Å²) in [5.74, 6) is 0. The van der Waals surface area contributed by atoms with Crippen molar-refractivity contribution in [2.75, 3.05) is 0 Å². The maximum atomic E-state index is 3.86. The zero-order chi connectivity index (χ0) is 10.5. The molecule has 0 saturated heterocycles. The van der Waals surface area contributed by atoms with Gasteiger partial charge in [0.15, 0.2) is 0 Å². The van der Waals surface area contributed by atoms with Crippen LogP contribution in [0.15, 0.2) is 42.7 Å². The molecule has 76 valence electrons. The van der Waals surface area contributed by atoms with Gasteiger partial charge in [-0.3, -0.25) is 0 Å².